The molecular weight excluding hydrogens is 245 g/mol. The van der Waals surface area contributed by atoms with Gasteiger partial charge in [0.2, 0.25) is 0 Å². The molecule has 0 spiro atoms. The van der Waals surface area contributed by atoms with E-state index >= 15 is 0 Å². The van der Waals surface area contributed by atoms with E-state index in [1.165, 1.54) is 0 Å². The zero-order chi connectivity index (χ0) is 13.0. The van der Waals surface area contributed by atoms with Crippen molar-refractivity contribution in [2.45, 2.75) is 0 Å². The van der Waals surface area contributed by atoms with Crippen LogP contribution in [0.25, 0.3) is 11.1 Å². The lowest BCUT2D eigenvalue weighted by Crippen LogP contribution is -2.04. The van der Waals surface area contributed by atoms with E-state index < -0.39 is 0 Å². The quantitative estimate of drug-likeness (QED) is 0.860. The highest BCUT2D eigenvalue weighted by atomic mass is 31.1. The third-order valence-electron chi connectivity index (χ3n) is 2.78. The van der Waals surface area contributed by atoms with Gasteiger partial charge >= 0.3 is 0 Å². The van der Waals surface area contributed by atoms with Crippen LogP contribution in [0.4, 0.5) is 0 Å². The first-order valence-corrected chi connectivity index (χ1v) is 6.66. The molecule has 0 aromatic heterocycles. The summed E-state index contributed by atoms with van der Waals surface area (Å²) in [5.41, 5.74) is 7.83. The highest BCUT2D eigenvalue weighted by Crippen LogP contribution is 2.38. The molecule has 18 heavy (non-hydrogen) atoms. The fraction of sp³-hybridized carbons (Fsp3) is 0.143. The van der Waals surface area contributed by atoms with Crippen LogP contribution >= 0.6 is 8.73 Å². The lowest BCUT2D eigenvalue weighted by atomic mass is 10.0. The molecule has 2 aromatic carbocycles. The fourth-order valence-corrected chi connectivity index (χ4v) is 2.50. The number of rotatable bonds is 4. The molecule has 1 atom stereocenters. The molecule has 2 rings (SSSR count). The Hall–Kier alpha value is -1.57. The predicted molar refractivity (Wildman–Crippen MR) is 77.1 cm³/mol. The van der Waals surface area contributed by atoms with E-state index in [4.69, 9.17) is 15.0 Å². The number of benzene rings is 2. The van der Waals surface area contributed by atoms with Gasteiger partial charge in [-0.15, -0.1) is 0 Å². The fourth-order valence-electron chi connectivity index (χ4n) is 1.94. The third kappa shape index (κ3) is 2.33. The molecule has 2 aromatic rings. The van der Waals surface area contributed by atoms with Gasteiger partial charge in [-0.1, -0.05) is 30.3 Å². The molecule has 0 aliphatic carbocycles. The van der Waals surface area contributed by atoms with Crippen molar-refractivity contribution in [2.24, 2.45) is 5.50 Å². The van der Waals surface area contributed by atoms with E-state index in [0.717, 1.165) is 27.9 Å². The van der Waals surface area contributed by atoms with Gasteiger partial charge in [0, 0.05) is 0 Å². The maximum Gasteiger partial charge on any atom is 0.130 e. The van der Waals surface area contributed by atoms with Crippen molar-refractivity contribution in [2.75, 3.05) is 14.2 Å². The largest absolute Gasteiger partial charge is 0.496 e. The van der Waals surface area contributed by atoms with Crippen molar-refractivity contribution in [3.63, 3.8) is 0 Å². The van der Waals surface area contributed by atoms with Gasteiger partial charge in [0.1, 0.15) is 11.5 Å². The Balaban J connectivity index is 2.68. The summed E-state index contributed by atoms with van der Waals surface area (Å²) in [6.45, 7) is 0. The molecule has 0 amide bonds. The van der Waals surface area contributed by atoms with Crippen LogP contribution in [0.15, 0.2) is 42.5 Å². The molecule has 4 heteroatoms. The summed E-state index contributed by atoms with van der Waals surface area (Å²) in [4.78, 5) is 0. The summed E-state index contributed by atoms with van der Waals surface area (Å²) in [5, 5.41) is 1.10. The van der Waals surface area contributed by atoms with Gasteiger partial charge < -0.3 is 15.0 Å². The Bertz CT molecular complexity index is 521. The Morgan fingerprint density at radius 3 is 2.06 bits per heavy atom. The molecule has 94 valence electrons. The maximum absolute atomic E-state index is 5.82. The molecule has 0 radical (unpaired) electrons. The molecule has 0 heterocycles. The lowest BCUT2D eigenvalue weighted by Gasteiger charge is -2.15. The van der Waals surface area contributed by atoms with Gasteiger partial charge in [0.15, 0.2) is 0 Å². The van der Waals surface area contributed by atoms with E-state index in [0.29, 0.717) is 0 Å². The molecule has 0 bridgehead atoms. The first-order chi connectivity index (χ1) is 8.81. The Morgan fingerprint density at radius 2 is 1.50 bits per heavy atom. The van der Waals surface area contributed by atoms with Crippen LogP contribution in [-0.4, -0.2) is 14.2 Å². The number of ether oxygens (including phenoxy) is 2. The maximum atomic E-state index is 5.82. The second kappa shape index (κ2) is 5.85. The molecule has 3 nitrogen and oxygen atoms in total. The standard InChI is InChI=1S/C14H16NO2P/c1-16-11-7-5-8-12(17-2)14(11)10-6-3-4-9-13(10)18-15/h3-9,18H,15H2,1-2H3. The topological polar surface area (TPSA) is 44.5 Å². The normalized spacial score (nSPS) is 10.8. The van der Waals surface area contributed by atoms with E-state index in [1.807, 2.05) is 42.5 Å². The molecule has 2 N–H and O–H groups in total. The number of hydrogen-bond donors (Lipinski definition) is 1. The zero-order valence-corrected chi connectivity index (χ0v) is 11.4. The van der Waals surface area contributed by atoms with E-state index in [2.05, 4.69) is 0 Å². The summed E-state index contributed by atoms with van der Waals surface area (Å²) in [5.74, 6) is 1.58. The monoisotopic (exact) mass is 261 g/mol. The average Bonchev–Trinajstić information content (AvgIpc) is 2.46. The zero-order valence-electron chi connectivity index (χ0n) is 10.4. The van der Waals surface area contributed by atoms with Gasteiger partial charge in [-0.05, 0) is 31.7 Å². The van der Waals surface area contributed by atoms with E-state index in [9.17, 15) is 0 Å². The number of hydrogen-bond acceptors (Lipinski definition) is 3. The molecule has 0 saturated carbocycles. The molecule has 0 aliphatic heterocycles. The van der Waals surface area contributed by atoms with Gasteiger partial charge in [-0.2, -0.15) is 0 Å². The van der Waals surface area contributed by atoms with Gasteiger partial charge in [0.25, 0.3) is 0 Å². The van der Waals surface area contributed by atoms with Crippen LogP contribution in [0.2, 0.25) is 0 Å². The smallest absolute Gasteiger partial charge is 0.130 e. The highest BCUT2D eigenvalue weighted by molar-refractivity contribution is 7.45. The summed E-state index contributed by atoms with van der Waals surface area (Å²) in [7, 11) is 3.56. The van der Waals surface area contributed by atoms with Crippen molar-refractivity contribution in [3.05, 3.63) is 42.5 Å². The summed E-state index contributed by atoms with van der Waals surface area (Å²) >= 11 is 0. The lowest BCUT2D eigenvalue weighted by molar-refractivity contribution is 0.397. The minimum Gasteiger partial charge on any atom is -0.496 e. The molecule has 0 saturated heterocycles. The average molecular weight is 261 g/mol. The number of methoxy groups -OCH3 is 2. The molecular formula is C14H16NO2P. The second-order valence-electron chi connectivity index (χ2n) is 3.73. The first-order valence-electron chi connectivity index (χ1n) is 5.58. The van der Waals surface area contributed by atoms with Crippen molar-refractivity contribution >= 4 is 14.0 Å². The molecule has 0 aliphatic rings. The van der Waals surface area contributed by atoms with Crippen LogP contribution in [0.5, 0.6) is 11.5 Å². The van der Waals surface area contributed by atoms with Gasteiger partial charge in [-0.3, -0.25) is 0 Å². The van der Waals surface area contributed by atoms with Crippen molar-refractivity contribution in [1.82, 2.24) is 0 Å². The summed E-state index contributed by atoms with van der Waals surface area (Å²) in [6.07, 6.45) is 0. The minimum atomic E-state index is 0.239. The SMILES string of the molecule is COc1cccc(OC)c1-c1ccccc1PN. The molecule has 1 unspecified atom stereocenters. The minimum absolute atomic E-state index is 0.239. The Kier molecular flexibility index (Phi) is 4.19. The third-order valence-corrected chi connectivity index (χ3v) is 3.53. The predicted octanol–water partition coefficient (Wildman–Crippen LogP) is 2.55. The van der Waals surface area contributed by atoms with Crippen LogP contribution in [0.1, 0.15) is 0 Å². The van der Waals surface area contributed by atoms with Gasteiger partial charge in [-0.25, -0.2) is 0 Å². The first kappa shape index (κ1) is 12.9. The van der Waals surface area contributed by atoms with Crippen molar-refractivity contribution in [1.29, 1.82) is 0 Å². The van der Waals surface area contributed by atoms with Gasteiger partial charge in [0.05, 0.1) is 19.8 Å². The molecule has 0 fully saturated rings. The van der Waals surface area contributed by atoms with Crippen LogP contribution < -0.4 is 20.3 Å². The van der Waals surface area contributed by atoms with E-state index in [-0.39, 0.29) is 8.73 Å². The highest BCUT2D eigenvalue weighted by Gasteiger charge is 2.14. The van der Waals surface area contributed by atoms with E-state index in [1.54, 1.807) is 14.2 Å². The number of nitrogens with two attached hydrogens (primary N) is 1. The van der Waals surface area contributed by atoms with Crippen molar-refractivity contribution in [3.8, 4) is 22.6 Å². The summed E-state index contributed by atoms with van der Waals surface area (Å²) < 4.78 is 10.8. The Labute approximate surface area is 109 Å². The van der Waals surface area contributed by atoms with Crippen LogP contribution in [-0.2, 0) is 0 Å². The Morgan fingerprint density at radius 1 is 0.889 bits per heavy atom. The second-order valence-corrected chi connectivity index (χ2v) is 4.55. The summed E-state index contributed by atoms with van der Waals surface area (Å²) in [6, 6.07) is 13.8. The van der Waals surface area contributed by atoms with Crippen LogP contribution in [0.3, 0.4) is 0 Å². The van der Waals surface area contributed by atoms with Crippen molar-refractivity contribution < 1.29 is 9.47 Å². The van der Waals surface area contributed by atoms with Crippen LogP contribution in [0, 0.1) is 0 Å².